The molecule has 2 aromatic heterocycles. The maximum Gasteiger partial charge on any atom is 0.252 e. The number of aromatic nitrogens is 3. The molecule has 7 nitrogen and oxygen atoms in total. The first-order valence-electron chi connectivity index (χ1n) is 11.1. The van der Waals surface area contributed by atoms with Crippen molar-refractivity contribution < 1.29 is 22.0 Å². The van der Waals surface area contributed by atoms with Crippen molar-refractivity contribution in [2.24, 2.45) is 0 Å². The van der Waals surface area contributed by atoms with E-state index in [0.29, 0.717) is 28.7 Å². The summed E-state index contributed by atoms with van der Waals surface area (Å²) in [5, 5.41) is 7.84. The molecular weight excluding hydrogens is 474 g/mol. The summed E-state index contributed by atoms with van der Waals surface area (Å²) in [4.78, 5) is 17.9. The van der Waals surface area contributed by atoms with Gasteiger partial charge in [0.2, 0.25) is 0 Å². The van der Waals surface area contributed by atoms with Gasteiger partial charge in [0.1, 0.15) is 11.6 Å². The zero-order valence-electron chi connectivity index (χ0n) is 18.8. The van der Waals surface area contributed by atoms with Gasteiger partial charge in [0.25, 0.3) is 5.91 Å². The van der Waals surface area contributed by atoms with Gasteiger partial charge in [-0.1, -0.05) is 24.3 Å². The number of hydrogen-bond acceptors (Lipinski definition) is 5. The minimum absolute atomic E-state index is 0.0517. The van der Waals surface area contributed by atoms with E-state index in [1.807, 2.05) is 0 Å². The summed E-state index contributed by atoms with van der Waals surface area (Å²) in [6.07, 6.45) is 0.385. The Morgan fingerprint density at radius 3 is 2.57 bits per heavy atom. The van der Waals surface area contributed by atoms with E-state index >= 15 is 0 Å². The summed E-state index contributed by atoms with van der Waals surface area (Å²) in [7, 11) is -3.20. The SMILES string of the molecule is Cc1nn(C2CCS(=O)(=O)C2)c2nc(-c3ccccc3F)cc(C(=O)NCc3ccc(F)cc3)c12. The van der Waals surface area contributed by atoms with Gasteiger partial charge in [-0.15, -0.1) is 0 Å². The number of nitrogens with one attached hydrogen (secondary N) is 1. The summed E-state index contributed by atoms with van der Waals surface area (Å²) in [5.74, 6) is -1.32. The Morgan fingerprint density at radius 1 is 1.14 bits per heavy atom. The summed E-state index contributed by atoms with van der Waals surface area (Å²) in [6.45, 7) is 1.88. The number of nitrogens with zero attached hydrogens (tertiary/aromatic N) is 3. The Bertz CT molecular complexity index is 1550. The molecule has 5 rings (SSSR count). The minimum atomic E-state index is -3.20. The van der Waals surface area contributed by atoms with Crippen molar-refractivity contribution >= 4 is 26.8 Å². The van der Waals surface area contributed by atoms with Crippen LogP contribution in [0.1, 0.15) is 34.1 Å². The van der Waals surface area contributed by atoms with Gasteiger partial charge in [0.05, 0.1) is 39.9 Å². The third-order valence-corrected chi connectivity index (χ3v) is 7.90. The second-order valence-electron chi connectivity index (χ2n) is 8.63. The maximum atomic E-state index is 14.6. The van der Waals surface area contributed by atoms with Crippen molar-refractivity contribution in [1.82, 2.24) is 20.1 Å². The highest BCUT2D eigenvalue weighted by Gasteiger charge is 2.32. The van der Waals surface area contributed by atoms with Crippen LogP contribution < -0.4 is 5.32 Å². The number of carbonyl (C=O) groups is 1. The Balaban J connectivity index is 1.62. The number of fused-ring (bicyclic) bond motifs is 1. The minimum Gasteiger partial charge on any atom is -0.348 e. The number of pyridine rings is 1. The number of halogens is 2. The summed E-state index contributed by atoms with van der Waals surface area (Å²) in [6, 6.07) is 13.0. The first-order chi connectivity index (χ1) is 16.7. The molecule has 180 valence electrons. The Hall–Kier alpha value is -3.66. The first kappa shape index (κ1) is 23.1. The number of sulfone groups is 1. The summed E-state index contributed by atoms with van der Waals surface area (Å²) < 4.78 is 53.6. The zero-order valence-corrected chi connectivity index (χ0v) is 19.6. The number of aryl methyl sites for hydroxylation is 1. The lowest BCUT2D eigenvalue weighted by Crippen LogP contribution is -2.23. The lowest BCUT2D eigenvalue weighted by Gasteiger charge is -2.13. The molecule has 3 heterocycles. The van der Waals surface area contributed by atoms with Crippen LogP contribution >= 0.6 is 0 Å². The molecule has 1 fully saturated rings. The van der Waals surface area contributed by atoms with Crippen LogP contribution in [0.2, 0.25) is 0 Å². The molecule has 0 spiro atoms. The van der Waals surface area contributed by atoms with Crippen molar-refractivity contribution in [3.63, 3.8) is 0 Å². The van der Waals surface area contributed by atoms with Gasteiger partial charge in [0.15, 0.2) is 15.5 Å². The van der Waals surface area contributed by atoms with Crippen LogP contribution in [-0.4, -0.2) is 40.6 Å². The third kappa shape index (κ3) is 4.53. The number of amides is 1. The van der Waals surface area contributed by atoms with Crippen LogP contribution in [0, 0.1) is 18.6 Å². The molecule has 0 saturated carbocycles. The number of hydrogen-bond donors (Lipinski definition) is 1. The number of rotatable bonds is 5. The molecule has 0 aliphatic carbocycles. The predicted molar refractivity (Wildman–Crippen MR) is 128 cm³/mol. The van der Waals surface area contributed by atoms with E-state index in [1.54, 1.807) is 41.9 Å². The standard InChI is InChI=1S/C25H22F2N4O3S/c1-15-23-20(25(32)28-13-16-6-8-17(26)9-7-16)12-22(19-4-2-3-5-21(19)27)29-24(23)31(30-15)18-10-11-35(33,34)14-18/h2-9,12,18H,10-11,13-14H2,1H3,(H,28,32). The molecule has 1 saturated heterocycles. The van der Waals surface area contributed by atoms with Crippen molar-refractivity contribution in [1.29, 1.82) is 0 Å². The topological polar surface area (TPSA) is 93.9 Å². The smallest absolute Gasteiger partial charge is 0.252 e. The second-order valence-corrected chi connectivity index (χ2v) is 10.9. The Labute approximate surface area is 200 Å². The molecule has 1 aliphatic rings. The molecule has 10 heteroatoms. The molecule has 0 bridgehead atoms. The van der Waals surface area contributed by atoms with Gasteiger partial charge in [-0.2, -0.15) is 5.10 Å². The molecule has 35 heavy (non-hydrogen) atoms. The Morgan fingerprint density at radius 2 is 1.89 bits per heavy atom. The van der Waals surface area contributed by atoms with Gasteiger partial charge in [-0.05, 0) is 49.2 Å². The maximum absolute atomic E-state index is 14.6. The molecule has 0 radical (unpaired) electrons. The van der Waals surface area contributed by atoms with Crippen LogP contribution in [0.25, 0.3) is 22.3 Å². The molecule has 1 atom stereocenters. The predicted octanol–water partition coefficient (Wildman–Crippen LogP) is 3.97. The van der Waals surface area contributed by atoms with Crippen LogP contribution in [-0.2, 0) is 16.4 Å². The van der Waals surface area contributed by atoms with Gasteiger partial charge in [-0.3, -0.25) is 4.79 Å². The highest BCUT2D eigenvalue weighted by Crippen LogP contribution is 2.32. The van der Waals surface area contributed by atoms with E-state index in [-0.39, 0.29) is 40.7 Å². The molecular formula is C25H22F2N4O3S. The largest absolute Gasteiger partial charge is 0.348 e. The normalized spacial score (nSPS) is 17.1. The van der Waals surface area contributed by atoms with E-state index in [1.165, 1.54) is 24.3 Å². The molecule has 1 unspecified atom stereocenters. The van der Waals surface area contributed by atoms with E-state index in [2.05, 4.69) is 15.4 Å². The highest BCUT2D eigenvalue weighted by molar-refractivity contribution is 7.91. The lowest BCUT2D eigenvalue weighted by molar-refractivity contribution is 0.0952. The summed E-state index contributed by atoms with van der Waals surface area (Å²) in [5.41, 5.74) is 2.26. The van der Waals surface area contributed by atoms with Crippen LogP contribution in [0.4, 0.5) is 8.78 Å². The Kier molecular flexibility index (Phi) is 5.84. The highest BCUT2D eigenvalue weighted by atomic mass is 32.2. The van der Waals surface area contributed by atoms with Crippen LogP contribution in [0.15, 0.2) is 54.6 Å². The van der Waals surface area contributed by atoms with Crippen LogP contribution in [0.5, 0.6) is 0 Å². The first-order valence-corrected chi connectivity index (χ1v) is 12.9. The van der Waals surface area contributed by atoms with Gasteiger partial charge < -0.3 is 5.32 Å². The third-order valence-electron chi connectivity index (χ3n) is 6.15. The van der Waals surface area contributed by atoms with Crippen LogP contribution in [0.3, 0.4) is 0 Å². The quantitative estimate of drug-likeness (QED) is 0.451. The number of benzene rings is 2. The van der Waals surface area contributed by atoms with Crippen molar-refractivity contribution in [3.8, 4) is 11.3 Å². The lowest BCUT2D eigenvalue weighted by atomic mass is 10.0. The fourth-order valence-corrected chi connectivity index (χ4v) is 6.09. The molecule has 2 aromatic carbocycles. The average Bonchev–Trinajstić information content (AvgIpc) is 3.37. The summed E-state index contributed by atoms with van der Waals surface area (Å²) >= 11 is 0. The van der Waals surface area contributed by atoms with Crippen molar-refractivity contribution in [3.05, 3.63) is 83.1 Å². The molecule has 1 amide bonds. The van der Waals surface area contributed by atoms with Gasteiger partial charge >= 0.3 is 0 Å². The van der Waals surface area contributed by atoms with Crippen molar-refractivity contribution in [2.75, 3.05) is 11.5 Å². The fraction of sp³-hybridized carbons (Fsp3) is 0.240. The molecule has 1 aliphatic heterocycles. The van der Waals surface area contributed by atoms with Gasteiger partial charge in [-0.25, -0.2) is 26.9 Å². The van der Waals surface area contributed by atoms with E-state index in [0.717, 1.165) is 0 Å². The average molecular weight is 497 g/mol. The van der Waals surface area contributed by atoms with E-state index in [4.69, 9.17) is 0 Å². The fourth-order valence-electron chi connectivity index (χ4n) is 4.40. The zero-order chi connectivity index (χ0) is 24.7. The number of carbonyl (C=O) groups excluding carboxylic acids is 1. The van der Waals surface area contributed by atoms with E-state index in [9.17, 15) is 22.0 Å². The van der Waals surface area contributed by atoms with Crippen molar-refractivity contribution in [2.45, 2.75) is 25.9 Å². The molecule has 4 aromatic rings. The second kappa shape index (κ2) is 8.84. The van der Waals surface area contributed by atoms with E-state index < -0.39 is 27.6 Å². The monoisotopic (exact) mass is 496 g/mol. The molecule has 1 N–H and O–H groups in total. The van der Waals surface area contributed by atoms with Gasteiger partial charge in [0, 0.05) is 12.1 Å².